The summed E-state index contributed by atoms with van der Waals surface area (Å²) in [7, 11) is 0. The first kappa shape index (κ1) is 14.6. The van der Waals surface area contributed by atoms with Gasteiger partial charge in [0.2, 0.25) is 5.91 Å². The molecule has 1 fully saturated rings. The van der Waals surface area contributed by atoms with E-state index in [-0.39, 0.29) is 23.7 Å². The van der Waals surface area contributed by atoms with E-state index < -0.39 is 23.5 Å². The van der Waals surface area contributed by atoms with Crippen LogP contribution in [0.25, 0.3) is 0 Å². The summed E-state index contributed by atoms with van der Waals surface area (Å²) in [4.78, 5) is 37.1. The van der Waals surface area contributed by atoms with Gasteiger partial charge in [0, 0.05) is 19.3 Å². The van der Waals surface area contributed by atoms with Crippen LogP contribution in [0.4, 0.5) is 4.39 Å². The molecular weight excluding hydrogens is 291 g/mol. The molecule has 2 aliphatic heterocycles. The summed E-state index contributed by atoms with van der Waals surface area (Å²) >= 11 is 0. The number of fused-ring (bicyclic) bond motifs is 1. The van der Waals surface area contributed by atoms with Crippen molar-refractivity contribution in [2.24, 2.45) is 0 Å². The van der Waals surface area contributed by atoms with Gasteiger partial charge in [-0.2, -0.15) is 0 Å². The molecule has 1 saturated heterocycles. The van der Waals surface area contributed by atoms with Gasteiger partial charge in [-0.15, -0.1) is 0 Å². The number of benzene rings is 1. The maximum atomic E-state index is 13.2. The molecule has 0 bridgehead atoms. The third kappa shape index (κ3) is 2.71. The highest BCUT2D eigenvalue weighted by atomic mass is 19.1. The van der Waals surface area contributed by atoms with Crippen LogP contribution in [-0.4, -0.2) is 48.4 Å². The van der Waals surface area contributed by atoms with Crippen LogP contribution < -0.4 is 5.32 Å². The van der Waals surface area contributed by atoms with Crippen molar-refractivity contribution in [3.8, 4) is 0 Å². The number of nitrogens with zero attached hydrogens (tertiary/aromatic N) is 1. The second-order valence-corrected chi connectivity index (χ2v) is 5.34. The van der Waals surface area contributed by atoms with E-state index in [1.54, 1.807) is 0 Å². The molecule has 3 amide bonds. The molecule has 1 aromatic carbocycles. The predicted octanol–water partition coefficient (Wildman–Crippen LogP) is 0.717. The molecule has 0 saturated carbocycles. The number of carbonyl (C=O) groups excluding carboxylic acids is 3. The Morgan fingerprint density at radius 3 is 2.64 bits per heavy atom. The van der Waals surface area contributed by atoms with Gasteiger partial charge in [0.15, 0.2) is 0 Å². The Bertz CT molecular complexity index is 640. The number of halogens is 1. The van der Waals surface area contributed by atoms with Gasteiger partial charge in [0.1, 0.15) is 12.4 Å². The van der Waals surface area contributed by atoms with Gasteiger partial charge >= 0.3 is 0 Å². The molecule has 0 spiro atoms. The van der Waals surface area contributed by atoms with Gasteiger partial charge in [0.05, 0.1) is 11.1 Å². The van der Waals surface area contributed by atoms with Crippen LogP contribution >= 0.6 is 0 Å². The van der Waals surface area contributed by atoms with E-state index in [4.69, 9.17) is 4.74 Å². The molecular formula is C15H15FN2O4. The van der Waals surface area contributed by atoms with Gasteiger partial charge in [-0.25, -0.2) is 4.39 Å². The van der Waals surface area contributed by atoms with E-state index >= 15 is 0 Å². The van der Waals surface area contributed by atoms with Gasteiger partial charge < -0.3 is 10.1 Å². The van der Waals surface area contributed by atoms with Gasteiger partial charge in [-0.1, -0.05) is 0 Å². The number of ether oxygens (including phenoxy) is 1. The first-order valence-electron chi connectivity index (χ1n) is 7.09. The number of carbonyl (C=O) groups is 3. The number of rotatable bonds is 3. The number of nitrogens with one attached hydrogen (secondary N) is 1. The molecule has 7 heteroatoms. The fourth-order valence-electron chi connectivity index (χ4n) is 2.67. The maximum absolute atomic E-state index is 13.2. The highest BCUT2D eigenvalue weighted by Gasteiger charge is 2.37. The average Bonchev–Trinajstić information content (AvgIpc) is 2.73. The maximum Gasteiger partial charge on any atom is 0.262 e. The Morgan fingerprint density at radius 1 is 1.23 bits per heavy atom. The summed E-state index contributed by atoms with van der Waals surface area (Å²) < 4.78 is 18.4. The summed E-state index contributed by atoms with van der Waals surface area (Å²) in [5.41, 5.74) is 0.133. The molecule has 0 atom stereocenters. The lowest BCUT2D eigenvalue weighted by molar-refractivity contribution is -0.122. The fraction of sp³-hybridized carbons (Fsp3) is 0.400. The molecule has 0 unspecified atom stereocenters. The van der Waals surface area contributed by atoms with Gasteiger partial charge in [-0.05, 0) is 31.0 Å². The first-order chi connectivity index (χ1) is 10.6. The summed E-state index contributed by atoms with van der Waals surface area (Å²) in [5.74, 6) is -2.20. The Balaban J connectivity index is 1.67. The quantitative estimate of drug-likeness (QED) is 0.835. The van der Waals surface area contributed by atoms with Crippen LogP contribution in [0.15, 0.2) is 18.2 Å². The van der Waals surface area contributed by atoms with E-state index in [0.717, 1.165) is 17.0 Å². The lowest BCUT2D eigenvalue weighted by Gasteiger charge is -2.24. The first-order valence-corrected chi connectivity index (χ1v) is 7.09. The number of imide groups is 1. The molecule has 3 rings (SSSR count). The predicted molar refractivity (Wildman–Crippen MR) is 73.8 cm³/mol. The molecule has 0 aromatic heterocycles. The lowest BCUT2D eigenvalue weighted by Crippen LogP contribution is -2.45. The van der Waals surface area contributed by atoms with Crippen LogP contribution in [0.5, 0.6) is 0 Å². The van der Waals surface area contributed by atoms with Crippen molar-refractivity contribution in [3.05, 3.63) is 35.1 Å². The minimum Gasteiger partial charge on any atom is -0.381 e. The number of hydrogen-bond acceptors (Lipinski definition) is 4. The molecule has 22 heavy (non-hydrogen) atoms. The van der Waals surface area contributed by atoms with E-state index in [2.05, 4.69) is 5.32 Å². The zero-order chi connectivity index (χ0) is 15.7. The Labute approximate surface area is 126 Å². The Hall–Kier alpha value is -2.28. The highest BCUT2D eigenvalue weighted by molar-refractivity contribution is 6.22. The number of amides is 3. The van der Waals surface area contributed by atoms with E-state index in [9.17, 15) is 18.8 Å². The van der Waals surface area contributed by atoms with Crippen molar-refractivity contribution in [2.45, 2.75) is 18.9 Å². The van der Waals surface area contributed by atoms with Crippen molar-refractivity contribution >= 4 is 17.7 Å². The Morgan fingerprint density at radius 2 is 1.91 bits per heavy atom. The van der Waals surface area contributed by atoms with E-state index in [1.807, 2.05) is 0 Å². The van der Waals surface area contributed by atoms with Gasteiger partial charge in [0.25, 0.3) is 11.8 Å². The molecule has 116 valence electrons. The third-order valence-corrected chi connectivity index (χ3v) is 3.82. The SMILES string of the molecule is O=C(CN1C(=O)c2ccc(F)cc2C1=O)NC1CCOCC1. The van der Waals surface area contributed by atoms with Crippen LogP contribution in [0.1, 0.15) is 33.6 Å². The highest BCUT2D eigenvalue weighted by Crippen LogP contribution is 2.23. The van der Waals surface area contributed by atoms with Crippen molar-refractivity contribution in [3.63, 3.8) is 0 Å². The fourth-order valence-corrected chi connectivity index (χ4v) is 2.67. The minimum absolute atomic E-state index is 0.00358. The summed E-state index contributed by atoms with van der Waals surface area (Å²) in [5, 5.41) is 2.79. The molecule has 2 aliphatic rings. The van der Waals surface area contributed by atoms with E-state index in [0.29, 0.717) is 26.1 Å². The third-order valence-electron chi connectivity index (χ3n) is 3.82. The molecule has 2 heterocycles. The molecule has 1 N–H and O–H groups in total. The van der Waals surface area contributed by atoms with Gasteiger partial charge in [-0.3, -0.25) is 19.3 Å². The zero-order valence-corrected chi connectivity index (χ0v) is 11.8. The Kier molecular flexibility index (Phi) is 3.89. The van der Waals surface area contributed by atoms with Crippen molar-refractivity contribution in [1.29, 1.82) is 0 Å². The molecule has 6 nitrogen and oxygen atoms in total. The van der Waals surface area contributed by atoms with Crippen molar-refractivity contribution < 1.29 is 23.5 Å². The summed E-state index contributed by atoms with van der Waals surface area (Å²) in [6.07, 6.45) is 1.41. The largest absolute Gasteiger partial charge is 0.381 e. The monoisotopic (exact) mass is 306 g/mol. The van der Waals surface area contributed by atoms with Crippen molar-refractivity contribution in [1.82, 2.24) is 10.2 Å². The second-order valence-electron chi connectivity index (χ2n) is 5.34. The van der Waals surface area contributed by atoms with Crippen LogP contribution in [0.2, 0.25) is 0 Å². The van der Waals surface area contributed by atoms with Crippen LogP contribution in [0.3, 0.4) is 0 Å². The summed E-state index contributed by atoms with van der Waals surface area (Å²) in [6, 6.07) is 3.40. The smallest absolute Gasteiger partial charge is 0.262 e. The topological polar surface area (TPSA) is 75.7 Å². The molecule has 0 aliphatic carbocycles. The van der Waals surface area contributed by atoms with Crippen molar-refractivity contribution in [2.75, 3.05) is 19.8 Å². The number of hydrogen-bond donors (Lipinski definition) is 1. The van der Waals surface area contributed by atoms with Crippen LogP contribution in [0, 0.1) is 5.82 Å². The zero-order valence-electron chi connectivity index (χ0n) is 11.8. The standard InChI is InChI=1S/C15H15FN2O4/c16-9-1-2-11-12(7-9)15(21)18(14(11)20)8-13(19)17-10-3-5-22-6-4-10/h1-2,7,10H,3-6,8H2,(H,17,19). The lowest BCUT2D eigenvalue weighted by atomic mass is 10.1. The molecule has 0 radical (unpaired) electrons. The van der Waals surface area contributed by atoms with E-state index in [1.165, 1.54) is 6.07 Å². The average molecular weight is 306 g/mol. The minimum atomic E-state index is -0.637. The van der Waals surface area contributed by atoms with Crippen LogP contribution in [-0.2, 0) is 9.53 Å². The second kappa shape index (κ2) is 5.84. The normalized spacial score (nSPS) is 18.5. The summed E-state index contributed by atoms with van der Waals surface area (Å²) in [6.45, 7) is 0.805. The molecule has 1 aromatic rings.